The molecule has 2 atom stereocenters. The zero-order chi connectivity index (χ0) is 37.5. The summed E-state index contributed by atoms with van der Waals surface area (Å²) in [6.07, 6.45) is -2.47. The van der Waals surface area contributed by atoms with Crippen LogP contribution in [0.5, 0.6) is 0 Å². The molecule has 1 fully saturated rings. The zero-order valence-corrected chi connectivity index (χ0v) is 29.6. The van der Waals surface area contributed by atoms with Crippen molar-refractivity contribution in [3.8, 4) is 22.5 Å². The average molecular weight is 746 g/mol. The lowest BCUT2D eigenvalue weighted by Crippen LogP contribution is -2.50. The Labute approximate surface area is 302 Å². The molecule has 53 heavy (non-hydrogen) atoms. The molecule has 16 heteroatoms. The third-order valence-electron chi connectivity index (χ3n) is 9.21. The van der Waals surface area contributed by atoms with Gasteiger partial charge in [-0.25, -0.2) is 32.1 Å². The first kappa shape index (κ1) is 35.6. The van der Waals surface area contributed by atoms with Crippen LogP contribution < -0.4 is 5.32 Å². The molecule has 274 valence electrons. The fourth-order valence-electron chi connectivity index (χ4n) is 6.47. The Morgan fingerprint density at radius 1 is 1.00 bits per heavy atom. The lowest BCUT2D eigenvalue weighted by atomic mass is 10.00. The van der Waals surface area contributed by atoms with Gasteiger partial charge in [0.15, 0.2) is 5.65 Å². The first-order valence-electron chi connectivity index (χ1n) is 16.8. The number of aryl methyl sites for hydroxylation is 2. The van der Waals surface area contributed by atoms with Gasteiger partial charge in [0, 0.05) is 42.0 Å². The van der Waals surface area contributed by atoms with Crippen molar-refractivity contribution in [1.29, 1.82) is 0 Å². The average Bonchev–Trinajstić information content (AvgIpc) is 3.70. The SMILES string of the molecule is Cc1noc(C)c1-c1ccc2c(-c3nc(N[C@@H]4CC[C@@H](C)N(C(=O)OCc5ccccc5)C4)ncc3C(F)(F)F)cn(S(=O)(=O)c3ccccc3)c2n1. The van der Waals surface area contributed by atoms with Gasteiger partial charge in [0.2, 0.25) is 5.95 Å². The highest BCUT2D eigenvalue weighted by molar-refractivity contribution is 7.90. The van der Waals surface area contributed by atoms with E-state index in [2.05, 4.69) is 25.4 Å². The maximum absolute atomic E-state index is 14.6. The number of rotatable bonds is 8. The number of alkyl halides is 3. The summed E-state index contributed by atoms with van der Waals surface area (Å²) in [5.74, 6) is 0.307. The molecule has 1 aliphatic heterocycles. The summed E-state index contributed by atoms with van der Waals surface area (Å²) in [4.78, 5) is 27.6. The van der Waals surface area contributed by atoms with E-state index in [4.69, 9.17) is 9.26 Å². The number of nitrogens with one attached hydrogen (secondary N) is 1. The quantitative estimate of drug-likeness (QED) is 0.165. The predicted octanol–water partition coefficient (Wildman–Crippen LogP) is 7.62. The number of hydrogen-bond donors (Lipinski definition) is 1. The van der Waals surface area contributed by atoms with Crippen LogP contribution in [0, 0.1) is 13.8 Å². The normalized spacial score (nSPS) is 16.5. The molecule has 0 spiro atoms. The molecule has 0 saturated carbocycles. The monoisotopic (exact) mass is 745 g/mol. The van der Waals surface area contributed by atoms with Gasteiger partial charge in [0.05, 0.1) is 27.5 Å². The molecule has 1 saturated heterocycles. The first-order chi connectivity index (χ1) is 25.3. The number of fused-ring (bicyclic) bond motifs is 1. The fourth-order valence-corrected chi connectivity index (χ4v) is 7.81. The van der Waals surface area contributed by atoms with Gasteiger partial charge < -0.3 is 19.5 Å². The Balaban J connectivity index is 1.28. The summed E-state index contributed by atoms with van der Waals surface area (Å²) in [6.45, 7) is 5.56. The number of hydrogen-bond acceptors (Lipinski definition) is 10. The van der Waals surface area contributed by atoms with Crippen LogP contribution in [0.2, 0.25) is 0 Å². The molecule has 4 aromatic heterocycles. The number of ether oxygens (including phenoxy) is 1. The molecule has 1 amide bonds. The van der Waals surface area contributed by atoms with Crippen LogP contribution >= 0.6 is 0 Å². The summed E-state index contributed by atoms with van der Waals surface area (Å²) in [6, 6.07) is 19.3. The Morgan fingerprint density at radius 2 is 1.72 bits per heavy atom. The van der Waals surface area contributed by atoms with Crippen molar-refractivity contribution < 1.29 is 35.6 Å². The minimum atomic E-state index is -4.90. The highest BCUT2D eigenvalue weighted by Crippen LogP contribution is 2.41. The van der Waals surface area contributed by atoms with Gasteiger partial charge in [-0.3, -0.25) is 0 Å². The van der Waals surface area contributed by atoms with E-state index in [1.165, 1.54) is 18.2 Å². The molecule has 5 heterocycles. The summed E-state index contributed by atoms with van der Waals surface area (Å²) >= 11 is 0. The van der Waals surface area contributed by atoms with Crippen LogP contribution in [0.15, 0.2) is 94.6 Å². The van der Waals surface area contributed by atoms with E-state index in [9.17, 15) is 26.4 Å². The molecule has 1 aliphatic rings. The number of piperidine rings is 1. The summed E-state index contributed by atoms with van der Waals surface area (Å²) in [5, 5.41) is 7.17. The Kier molecular flexibility index (Phi) is 9.40. The number of aromatic nitrogens is 5. The van der Waals surface area contributed by atoms with E-state index in [0.717, 1.165) is 15.7 Å². The maximum Gasteiger partial charge on any atom is 0.419 e. The van der Waals surface area contributed by atoms with Crippen molar-refractivity contribution in [3.63, 3.8) is 0 Å². The van der Waals surface area contributed by atoms with Crippen molar-refractivity contribution in [2.24, 2.45) is 0 Å². The number of benzene rings is 2. The summed E-state index contributed by atoms with van der Waals surface area (Å²) in [7, 11) is -4.36. The van der Waals surface area contributed by atoms with E-state index in [1.54, 1.807) is 43.0 Å². The van der Waals surface area contributed by atoms with Crippen LogP contribution in [0.1, 0.15) is 42.3 Å². The van der Waals surface area contributed by atoms with E-state index in [1.807, 2.05) is 37.3 Å². The van der Waals surface area contributed by atoms with Gasteiger partial charge in [-0.05, 0) is 63.4 Å². The largest absolute Gasteiger partial charge is 0.445 e. The molecule has 6 aromatic rings. The van der Waals surface area contributed by atoms with Crippen molar-refractivity contribution in [2.45, 2.75) is 63.4 Å². The number of carbonyl (C=O) groups excluding carboxylic acids is 1. The van der Waals surface area contributed by atoms with Crippen LogP contribution in [0.3, 0.4) is 0 Å². The summed E-state index contributed by atoms with van der Waals surface area (Å²) < 4.78 is 83.7. The Bertz CT molecular complexity index is 2380. The standard InChI is InChI=1S/C37H34F3N7O5S/c1-22-14-15-26(19-46(22)36(48)51-21-25-10-6-4-7-11-25)42-35-41-18-30(37(38,39)40)33(44-35)29-20-47(53(49,50)27-12-8-5-9-13-27)34-28(29)16-17-31(43-34)32-23(2)45-52-24(32)3/h4-13,16-18,20,22,26H,14-15,19,21H2,1-3H3,(H,41,42,44)/t22-,26-/m1/s1. The van der Waals surface area contributed by atoms with E-state index in [0.29, 0.717) is 41.8 Å². The zero-order valence-electron chi connectivity index (χ0n) is 28.8. The third kappa shape index (κ3) is 7.05. The lowest BCUT2D eigenvalue weighted by Gasteiger charge is -2.37. The maximum atomic E-state index is 14.6. The van der Waals surface area contributed by atoms with Crippen LogP contribution in [0.4, 0.5) is 23.9 Å². The molecule has 0 unspecified atom stereocenters. The molecule has 12 nitrogen and oxygen atoms in total. The number of nitrogens with zero attached hydrogens (tertiary/aromatic N) is 6. The summed E-state index contributed by atoms with van der Waals surface area (Å²) in [5.41, 5.74) is 0.232. The molecule has 0 aliphatic carbocycles. The number of likely N-dealkylation sites (tertiary alicyclic amines) is 1. The topological polar surface area (TPSA) is 145 Å². The first-order valence-corrected chi connectivity index (χ1v) is 18.2. The Morgan fingerprint density at radius 3 is 2.40 bits per heavy atom. The second-order valence-corrected chi connectivity index (χ2v) is 14.7. The van der Waals surface area contributed by atoms with Gasteiger partial charge in [0.1, 0.15) is 17.9 Å². The van der Waals surface area contributed by atoms with Gasteiger partial charge in [-0.15, -0.1) is 0 Å². The molecular formula is C37H34F3N7O5S. The van der Waals surface area contributed by atoms with Crippen LogP contribution in [-0.2, 0) is 27.5 Å². The van der Waals surface area contributed by atoms with Crippen molar-refractivity contribution in [2.75, 3.05) is 11.9 Å². The third-order valence-corrected chi connectivity index (χ3v) is 10.9. The van der Waals surface area contributed by atoms with E-state index < -0.39 is 39.6 Å². The van der Waals surface area contributed by atoms with Crippen molar-refractivity contribution in [1.82, 2.24) is 29.0 Å². The van der Waals surface area contributed by atoms with E-state index >= 15 is 0 Å². The van der Waals surface area contributed by atoms with Gasteiger partial charge >= 0.3 is 12.3 Å². The number of carbonyl (C=O) groups is 1. The molecule has 2 aromatic carbocycles. The van der Waals surface area contributed by atoms with Gasteiger partial charge in [-0.1, -0.05) is 53.7 Å². The Hall–Kier alpha value is -5.77. The molecular weight excluding hydrogens is 712 g/mol. The van der Waals surface area contributed by atoms with E-state index in [-0.39, 0.29) is 46.6 Å². The van der Waals surface area contributed by atoms with Crippen molar-refractivity contribution in [3.05, 3.63) is 108 Å². The lowest BCUT2D eigenvalue weighted by molar-refractivity contribution is -0.137. The van der Waals surface area contributed by atoms with Gasteiger partial charge in [0.25, 0.3) is 10.0 Å². The van der Waals surface area contributed by atoms with Crippen molar-refractivity contribution >= 4 is 33.1 Å². The van der Waals surface area contributed by atoms with Crippen LogP contribution in [-0.4, -0.2) is 62.1 Å². The second kappa shape index (κ2) is 14.0. The van der Waals surface area contributed by atoms with Crippen LogP contribution in [0.25, 0.3) is 33.5 Å². The minimum Gasteiger partial charge on any atom is -0.445 e. The molecule has 7 rings (SSSR count). The fraction of sp³-hybridized carbons (Fsp3) is 0.270. The molecule has 0 bridgehead atoms. The number of halogens is 3. The van der Waals surface area contributed by atoms with Gasteiger partial charge in [-0.2, -0.15) is 13.2 Å². The number of amides is 1. The number of anilines is 1. The second-order valence-electron chi connectivity index (χ2n) is 12.8. The minimum absolute atomic E-state index is 0.0903. The highest BCUT2D eigenvalue weighted by Gasteiger charge is 2.38. The predicted molar refractivity (Wildman–Crippen MR) is 189 cm³/mol. The smallest absolute Gasteiger partial charge is 0.419 e. The number of pyridine rings is 1. The molecule has 1 N–H and O–H groups in total. The highest BCUT2D eigenvalue weighted by atomic mass is 32.2. The molecule has 0 radical (unpaired) electrons.